The fourth-order valence-corrected chi connectivity index (χ4v) is 1.39. The number of rotatable bonds is 1. The van der Waals surface area contributed by atoms with Gasteiger partial charge in [0.25, 0.3) is 0 Å². The van der Waals surface area contributed by atoms with E-state index in [1.165, 1.54) is 0 Å². The minimum atomic E-state index is 0.428. The lowest BCUT2D eigenvalue weighted by atomic mass is 10.2. The lowest BCUT2D eigenvalue weighted by Gasteiger charge is -1.98. The molecular weight excluding hydrogens is 202 g/mol. The van der Waals surface area contributed by atoms with Crippen molar-refractivity contribution in [3.63, 3.8) is 0 Å². The first-order valence-corrected chi connectivity index (χ1v) is 4.39. The molecule has 1 aromatic heterocycles. The number of hydrogen-bond acceptors (Lipinski definition) is 4. The SMILES string of the molecule is Cc1nnc(-c2cc(N)cc(Cl)c2)o1. The lowest BCUT2D eigenvalue weighted by molar-refractivity contribution is 0.533. The van der Waals surface area contributed by atoms with Crippen LogP contribution < -0.4 is 5.73 Å². The van der Waals surface area contributed by atoms with Crippen LogP contribution >= 0.6 is 11.6 Å². The molecule has 0 atom stereocenters. The van der Waals surface area contributed by atoms with Crippen LogP contribution in [0.15, 0.2) is 22.6 Å². The maximum atomic E-state index is 5.84. The second-order valence-electron chi connectivity index (χ2n) is 2.90. The molecule has 0 aliphatic rings. The number of aromatic nitrogens is 2. The molecule has 1 heterocycles. The summed E-state index contributed by atoms with van der Waals surface area (Å²) in [5, 5.41) is 8.14. The maximum absolute atomic E-state index is 5.84. The van der Waals surface area contributed by atoms with Gasteiger partial charge in [0.1, 0.15) is 0 Å². The van der Waals surface area contributed by atoms with E-state index >= 15 is 0 Å². The van der Waals surface area contributed by atoms with E-state index < -0.39 is 0 Å². The Labute approximate surface area is 85.7 Å². The first kappa shape index (κ1) is 9.02. The predicted molar refractivity (Wildman–Crippen MR) is 53.9 cm³/mol. The Morgan fingerprint density at radius 2 is 2.07 bits per heavy atom. The number of anilines is 1. The highest BCUT2D eigenvalue weighted by Gasteiger charge is 2.07. The summed E-state index contributed by atoms with van der Waals surface area (Å²) in [6, 6.07) is 5.12. The van der Waals surface area contributed by atoms with Crippen LogP contribution in [0.2, 0.25) is 5.02 Å². The monoisotopic (exact) mass is 209 g/mol. The molecule has 5 heteroatoms. The second-order valence-corrected chi connectivity index (χ2v) is 3.34. The molecular formula is C9H8ClN3O. The van der Waals surface area contributed by atoms with E-state index in [-0.39, 0.29) is 0 Å². The fourth-order valence-electron chi connectivity index (χ4n) is 1.15. The van der Waals surface area contributed by atoms with Crippen molar-refractivity contribution in [2.24, 2.45) is 0 Å². The minimum Gasteiger partial charge on any atom is -0.421 e. The van der Waals surface area contributed by atoms with E-state index in [0.717, 1.165) is 5.56 Å². The first-order valence-electron chi connectivity index (χ1n) is 4.02. The molecule has 0 saturated carbocycles. The molecule has 0 unspecified atom stereocenters. The summed E-state index contributed by atoms with van der Waals surface area (Å²) >= 11 is 5.84. The summed E-state index contributed by atoms with van der Waals surface area (Å²) in [6.07, 6.45) is 0. The van der Waals surface area contributed by atoms with Crippen molar-refractivity contribution in [1.29, 1.82) is 0 Å². The van der Waals surface area contributed by atoms with Crippen LogP contribution in [0.3, 0.4) is 0 Å². The van der Waals surface area contributed by atoms with Crippen molar-refractivity contribution in [3.8, 4) is 11.5 Å². The number of nitrogens with zero attached hydrogens (tertiary/aromatic N) is 2. The fraction of sp³-hybridized carbons (Fsp3) is 0.111. The zero-order chi connectivity index (χ0) is 10.1. The smallest absolute Gasteiger partial charge is 0.247 e. The van der Waals surface area contributed by atoms with Gasteiger partial charge in [-0.1, -0.05) is 11.6 Å². The largest absolute Gasteiger partial charge is 0.421 e. The van der Waals surface area contributed by atoms with Gasteiger partial charge in [0.2, 0.25) is 11.8 Å². The molecule has 2 aromatic rings. The summed E-state index contributed by atoms with van der Waals surface area (Å²) in [6.45, 7) is 1.73. The van der Waals surface area contributed by atoms with E-state index in [1.54, 1.807) is 25.1 Å². The van der Waals surface area contributed by atoms with Gasteiger partial charge >= 0.3 is 0 Å². The molecule has 0 spiro atoms. The third-order valence-corrected chi connectivity index (χ3v) is 1.91. The summed E-state index contributed by atoms with van der Waals surface area (Å²) in [4.78, 5) is 0. The van der Waals surface area contributed by atoms with Gasteiger partial charge in [0.15, 0.2) is 0 Å². The van der Waals surface area contributed by atoms with Crippen molar-refractivity contribution < 1.29 is 4.42 Å². The number of benzene rings is 1. The number of halogens is 1. The molecule has 2 N–H and O–H groups in total. The van der Waals surface area contributed by atoms with Crippen LogP contribution in [0.25, 0.3) is 11.5 Å². The standard InChI is InChI=1S/C9H8ClN3O/c1-5-12-13-9(14-5)6-2-7(10)4-8(11)3-6/h2-4H,11H2,1H3. The van der Waals surface area contributed by atoms with E-state index in [0.29, 0.717) is 22.5 Å². The molecule has 2 rings (SSSR count). The van der Waals surface area contributed by atoms with Crippen LogP contribution in [-0.4, -0.2) is 10.2 Å². The van der Waals surface area contributed by atoms with Gasteiger partial charge in [-0.2, -0.15) is 0 Å². The minimum absolute atomic E-state index is 0.428. The molecule has 0 amide bonds. The summed E-state index contributed by atoms with van der Waals surface area (Å²) in [5.41, 5.74) is 6.93. The van der Waals surface area contributed by atoms with Crippen molar-refractivity contribution in [1.82, 2.24) is 10.2 Å². The normalized spacial score (nSPS) is 10.4. The molecule has 0 radical (unpaired) electrons. The van der Waals surface area contributed by atoms with Gasteiger partial charge in [0, 0.05) is 23.2 Å². The van der Waals surface area contributed by atoms with Crippen LogP contribution in [-0.2, 0) is 0 Å². The maximum Gasteiger partial charge on any atom is 0.247 e. The van der Waals surface area contributed by atoms with Crippen molar-refractivity contribution in [2.75, 3.05) is 5.73 Å². The average Bonchev–Trinajstić information content (AvgIpc) is 2.50. The Bertz CT molecular complexity index is 447. The lowest BCUT2D eigenvalue weighted by Crippen LogP contribution is -1.86. The Hall–Kier alpha value is -1.55. The Morgan fingerprint density at radius 3 is 2.64 bits per heavy atom. The molecule has 0 fully saturated rings. The highest BCUT2D eigenvalue weighted by atomic mass is 35.5. The highest BCUT2D eigenvalue weighted by Crippen LogP contribution is 2.24. The van der Waals surface area contributed by atoms with Crippen molar-refractivity contribution in [2.45, 2.75) is 6.92 Å². The van der Waals surface area contributed by atoms with Crippen LogP contribution in [0.4, 0.5) is 5.69 Å². The second kappa shape index (κ2) is 3.31. The molecule has 4 nitrogen and oxygen atoms in total. The van der Waals surface area contributed by atoms with Crippen molar-refractivity contribution in [3.05, 3.63) is 29.1 Å². The van der Waals surface area contributed by atoms with E-state index in [1.807, 2.05) is 0 Å². The summed E-state index contributed by atoms with van der Waals surface area (Å²) in [5.74, 6) is 0.940. The number of nitrogens with two attached hydrogens (primary N) is 1. The predicted octanol–water partition coefficient (Wildman–Crippen LogP) is 2.28. The molecule has 14 heavy (non-hydrogen) atoms. The number of nitrogen functional groups attached to an aromatic ring is 1. The molecule has 0 aliphatic carbocycles. The molecule has 0 bridgehead atoms. The molecule has 72 valence electrons. The average molecular weight is 210 g/mol. The molecule has 0 aliphatic heterocycles. The Balaban J connectivity index is 2.51. The quantitative estimate of drug-likeness (QED) is 0.732. The van der Waals surface area contributed by atoms with E-state index in [2.05, 4.69) is 10.2 Å². The van der Waals surface area contributed by atoms with Crippen molar-refractivity contribution >= 4 is 17.3 Å². The van der Waals surface area contributed by atoms with Crippen LogP contribution in [0.5, 0.6) is 0 Å². The van der Waals surface area contributed by atoms with Gasteiger partial charge in [0.05, 0.1) is 0 Å². The topological polar surface area (TPSA) is 64.9 Å². The van der Waals surface area contributed by atoms with Crippen LogP contribution in [0, 0.1) is 6.92 Å². The summed E-state index contributed by atoms with van der Waals surface area (Å²) in [7, 11) is 0. The van der Waals surface area contributed by atoms with E-state index in [9.17, 15) is 0 Å². The third-order valence-electron chi connectivity index (χ3n) is 1.69. The number of hydrogen-bond donors (Lipinski definition) is 1. The van der Waals surface area contributed by atoms with Gasteiger partial charge in [-0.3, -0.25) is 0 Å². The van der Waals surface area contributed by atoms with Gasteiger partial charge in [-0.25, -0.2) is 0 Å². The zero-order valence-electron chi connectivity index (χ0n) is 7.49. The highest BCUT2D eigenvalue weighted by molar-refractivity contribution is 6.31. The van der Waals surface area contributed by atoms with Gasteiger partial charge in [-0.15, -0.1) is 10.2 Å². The zero-order valence-corrected chi connectivity index (χ0v) is 8.25. The number of aryl methyl sites for hydroxylation is 1. The summed E-state index contributed by atoms with van der Waals surface area (Å²) < 4.78 is 5.24. The molecule has 1 aromatic carbocycles. The van der Waals surface area contributed by atoms with E-state index in [4.69, 9.17) is 21.8 Å². The third kappa shape index (κ3) is 1.70. The van der Waals surface area contributed by atoms with Gasteiger partial charge in [-0.05, 0) is 18.2 Å². The van der Waals surface area contributed by atoms with Gasteiger partial charge < -0.3 is 10.2 Å². The Kier molecular flexibility index (Phi) is 2.13. The molecule has 0 saturated heterocycles. The first-order chi connectivity index (χ1) is 6.65. The Morgan fingerprint density at radius 1 is 1.29 bits per heavy atom. The van der Waals surface area contributed by atoms with Crippen LogP contribution in [0.1, 0.15) is 5.89 Å².